The van der Waals surface area contributed by atoms with Gasteiger partial charge in [-0.05, 0) is 87.4 Å². The van der Waals surface area contributed by atoms with Gasteiger partial charge in [0.1, 0.15) is 12.2 Å². The van der Waals surface area contributed by atoms with Gasteiger partial charge in [0, 0.05) is 31.1 Å². The van der Waals surface area contributed by atoms with Crippen molar-refractivity contribution in [1.29, 1.82) is 0 Å². The first-order valence-electron chi connectivity index (χ1n) is 15.4. The number of ether oxygens (including phenoxy) is 4. The molecule has 1 N–H and O–H groups in total. The van der Waals surface area contributed by atoms with Gasteiger partial charge in [0.15, 0.2) is 11.5 Å². The summed E-state index contributed by atoms with van der Waals surface area (Å²) in [6.45, 7) is 13.3. The number of carbonyl (C=O) groups excluding carboxylic acids is 1. The molecule has 0 aromatic heterocycles. The third-order valence-corrected chi connectivity index (χ3v) is 8.42. The number of fused-ring (bicyclic) bond motifs is 3. The van der Waals surface area contributed by atoms with E-state index in [2.05, 4.69) is 66.5 Å². The van der Waals surface area contributed by atoms with Crippen molar-refractivity contribution >= 4 is 6.09 Å². The van der Waals surface area contributed by atoms with Crippen LogP contribution in [-0.2, 0) is 22.5 Å². The van der Waals surface area contributed by atoms with E-state index in [0.717, 1.165) is 43.0 Å². The smallest absolute Gasteiger partial charge is 0.407 e. The Kier molecular flexibility index (Phi) is 9.62. The van der Waals surface area contributed by atoms with Crippen LogP contribution >= 0.6 is 0 Å². The molecule has 1 fully saturated rings. The second-order valence-electron chi connectivity index (χ2n) is 12.8. The second kappa shape index (κ2) is 13.4. The highest BCUT2D eigenvalue weighted by molar-refractivity contribution is 5.68. The molecule has 0 bridgehead atoms. The van der Waals surface area contributed by atoms with Gasteiger partial charge in [-0.3, -0.25) is 4.90 Å². The lowest BCUT2D eigenvalue weighted by molar-refractivity contribution is 0.0412. The first kappa shape index (κ1) is 30.9. The highest BCUT2D eigenvalue weighted by Crippen LogP contribution is 2.45. The van der Waals surface area contributed by atoms with E-state index in [9.17, 15) is 4.79 Å². The molecule has 230 valence electrons. The predicted octanol–water partition coefficient (Wildman–Crippen LogP) is 6.89. The molecule has 2 aliphatic rings. The van der Waals surface area contributed by atoms with Crippen molar-refractivity contribution in [3.8, 4) is 11.5 Å². The van der Waals surface area contributed by atoms with Crippen LogP contribution in [0.5, 0.6) is 11.5 Å². The quantitative estimate of drug-likeness (QED) is 0.276. The molecule has 2 heterocycles. The molecule has 5 rings (SSSR count). The predicted molar refractivity (Wildman–Crippen MR) is 169 cm³/mol. The summed E-state index contributed by atoms with van der Waals surface area (Å²) in [5.74, 6) is 1.62. The Balaban J connectivity index is 1.33. The van der Waals surface area contributed by atoms with E-state index in [1.165, 1.54) is 27.8 Å². The van der Waals surface area contributed by atoms with Crippen LogP contribution in [0.2, 0.25) is 0 Å². The van der Waals surface area contributed by atoms with Gasteiger partial charge in [0.25, 0.3) is 0 Å². The number of nitrogens with zero attached hydrogens (tertiary/aromatic N) is 1. The summed E-state index contributed by atoms with van der Waals surface area (Å²) in [4.78, 5) is 15.6. The van der Waals surface area contributed by atoms with Gasteiger partial charge in [-0.15, -0.1) is 0 Å². The number of methoxy groups -OCH3 is 1. The maximum absolute atomic E-state index is 13.0. The molecule has 43 heavy (non-hydrogen) atoms. The van der Waals surface area contributed by atoms with Gasteiger partial charge < -0.3 is 24.3 Å². The summed E-state index contributed by atoms with van der Waals surface area (Å²) < 4.78 is 23.5. The molecular weight excluding hydrogens is 540 g/mol. The van der Waals surface area contributed by atoms with E-state index in [4.69, 9.17) is 18.9 Å². The number of amides is 1. The largest absolute Gasteiger partial charge is 0.493 e. The summed E-state index contributed by atoms with van der Waals surface area (Å²) >= 11 is 0. The topological polar surface area (TPSA) is 69.3 Å². The van der Waals surface area contributed by atoms with Crippen LogP contribution in [0.3, 0.4) is 0 Å². The normalized spacial score (nSPS) is 20.1. The number of aryl methyl sites for hydroxylation is 2. The summed E-state index contributed by atoms with van der Waals surface area (Å²) in [6.07, 6.45) is 1.34. The zero-order valence-electron chi connectivity index (χ0n) is 26.4. The number of hydrogen-bond donors (Lipinski definition) is 1. The number of hydrogen-bond acceptors (Lipinski definition) is 6. The van der Waals surface area contributed by atoms with Crippen molar-refractivity contribution in [2.24, 2.45) is 0 Å². The number of alkyl carbamates (subject to hydrolysis) is 1. The number of piperidine rings is 1. The average molecular weight is 587 g/mol. The van der Waals surface area contributed by atoms with Crippen LogP contribution in [0.1, 0.15) is 72.5 Å². The molecule has 0 spiro atoms. The van der Waals surface area contributed by atoms with E-state index >= 15 is 0 Å². The number of benzene rings is 3. The summed E-state index contributed by atoms with van der Waals surface area (Å²) in [5.41, 5.74) is 6.86. The number of rotatable bonds is 9. The fraction of sp³-hybridized carbons (Fsp3) is 0.472. The van der Waals surface area contributed by atoms with E-state index < -0.39 is 5.60 Å². The first-order chi connectivity index (χ1) is 20.6. The van der Waals surface area contributed by atoms with E-state index in [1.54, 1.807) is 7.11 Å². The Labute approximate surface area is 256 Å². The third-order valence-electron chi connectivity index (χ3n) is 8.42. The summed E-state index contributed by atoms with van der Waals surface area (Å²) in [5, 5.41) is 3.27. The average Bonchev–Trinajstić information content (AvgIpc) is 2.97. The van der Waals surface area contributed by atoms with Gasteiger partial charge in [0.2, 0.25) is 0 Å². The Morgan fingerprint density at radius 2 is 1.77 bits per heavy atom. The zero-order valence-corrected chi connectivity index (χ0v) is 26.4. The second-order valence-corrected chi connectivity index (χ2v) is 12.8. The zero-order chi connectivity index (χ0) is 30.6. The Morgan fingerprint density at radius 3 is 2.51 bits per heavy atom. The lowest BCUT2D eigenvalue weighted by Gasteiger charge is -2.48. The first-order valence-corrected chi connectivity index (χ1v) is 15.4. The van der Waals surface area contributed by atoms with Crippen molar-refractivity contribution < 1.29 is 23.7 Å². The molecule has 2 aliphatic heterocycles. The molecule has 0 saturated carbocycles. The van der Waals surface area contributed by atoms with Gasteiger partial charge in [-0.25, -0.2) is 4.79 Å². The van der Waals surface area contributed by atoms with Gasteiger partial charge in [-0.1, -0.05) is 54.1 Å². The highest BCUT2D eigenvalue weighted by atomic mass is 16.6. The molecule has 0 aliphatic carbocycles. The molecule has 1 saturated heterocycles. The van der Waals surface area contributed by atoms with E-state index in [-0.39, 0.29) is 24.1 Å². The minimum atomic E-state index is -0.562. The molecule has 0 radical (unpaired) electrons. The van der Waals surface area contributed by atoms with Gasteiger partial charge in [0.05, 0.1) is 20.3 Å². The van der Waals surface area contributed by atoms with E-state index in [1.807, 2.05) is 39.0 Å². The van der Waals surface area contributed by atoms with E-state index in [0.29, 0.717) is 19.8 Å². The number of carbonyl (C=O) groups is 1. The molecule has 1 amide bonds. The monoisotopic (exact) mass is 586 g/mol. The molecule has 7 heteroatoms. The molecule has 3 atom stereocenters. The fourth-order valence-electron chi connectivity index (χ4n) is 6.38. The maximum atomic E-state index is 13.0. The van der Waals surface area contributed by atoms with Crippen molar-refractivity contribution in [2.45, 2.75) is 77.7 Å². The molecular formula is C36H46N2O5. The summed E-state index contributed by atoms with van der Waals surface area (Å²) in [7, 11) is 1.69. The Morgan fingerprint density at radius 1 is 0.977 bits per heavy atom. The minimum absolute atomic E-state index is 0.0776. The third kappa shape index (κ3) is 7.70. The van der Waals surface area contributed by atoms with Crippen LogP contribution in [-0.4, -0.2) is 56.0 Å². The lowest BCUT2D eigenvalue weighted by Crippen LogP contribution is -2.53. The fourth-order valence-corrected chi connectivity index (χ4v) is 6.38. The Bertz CT molecular complexity index is 1400. The van der Waals surface area contributed by atoms with Crippen LogP contribution < -0.4 is 14.8 Å². The minimum Gasteiger partial charge on any atom is -0.493 e. The van der Waals surface area contributed by atoms with Crippen molar-refractivity contribution in [3.05, 3.63) is 94.0 Å². The van der Waals surface area contributed by atoms with Crippen LogP contribution in [0.25, 0.3) is 0 Å². The molecule has 7 nitrogen and oxygen atoms in total. The van der Waals surface area contributed by atoms with Crippen LogP contribution in [0.15, 0.2) is 60.7 Å². The maximum Gasteiger partial charge on any atom is 0.407 e. The molecule has 3 aromatic rings. The standard InChI is InChI=1S/C36H46N2O5/c1-24-12-13-25(2)28(18-24)30-22-38-15-14-27-19-34(42-17-16-41-23-26-10-8-7-9-11-26)33(40-6)20-29(27)32(38)21-31(30)37-35(39)43-36(3,4)5/h7-13,18-20,30-32H,14-17,21-23H2,1-6H3,(H,37,39)/t30-,31+,32+/m0/s1. The van der Waals surface area contributed by atoms with Gasteiger partial charge in [-0.2, -0.15) is 0 Å². The lowest BCUT2D eigenvalue weighted by atomic mass is 9.76. The van der Waals surface area contributed by atoms with Crippen molar-refractivity contribution in [2.75, 3.05) is 33.4 Å². The van der Waals surface area contributed by atoms with Crippen molar-refractivity contribution in [1.82, 2.24) is 10.2 Å². The SMILES string of the molecule is COc1cc2c(cc1OCCOCc1ccccc1)CCN1C[C@@H](c3cc(C)ccc3C)[C@H](NC(=O)OC(C)(C)C)C[C@H]21. The Hall–Kier alpha value is -3.55. The van der Waals surface area contributed by atoms with Crippen LogP contribution in [0.4, 0.5) is 4.79 Å². The van der Waals surface area contributed by atoms with Crippen LogP contribution in [0, 0.1) is 13.8 Å². The molecule has 3 aromatic carbocycles. The molecule has 0 unspecified atom stereocenters. The van der Waals surface area contributed by atoms with Crippen molar-refractivity contribution in [3.63, 3.8) is 0 Å². The summed E-state index contributed by atoms with van der Waals surface area (Å²) in [6, 6.07) is 21.1. The number of nitrogens with one attached hydrogen (secondary N) is 1. The van der Waals surface area contributed by atoms with Gasteiger partial charge >= 0.3 is 6.09 Å². The highest BCUT2D eigenvalue weighted by Gasteiger charge is 2.41.